The van der Waals surface area contributed by atoms with E-state index >= 15 is 0 Å². The Morgan fingerprint density at radius 1 is 1.12 bits per heavy atom. The van der Waals surface area contributed by atoms with Crippen LogP contribution in [0.25, 0.3) is 10.8 Å². The summed E-state index contributed by atoms with van der Waals surface area (Å²) in [6, 6.07) is 14.9. The lowest BCUT2D eigenvalue weighted by atomic mass is 10.0. The van der Waals surface area contributed by atoms with Gasteiger partial charge in [-0.15, -0.1) is 11.8 Å². The van der Waals surface area contributed by atoms with Gasteiger partial charge in [-0.05, 0) is 53.1 Å². The fraction of sp³-hybridized carbons (Fsp3) is 0.190. The van der Waals surface area contributed by atoms with Crippen LogP contribution in [0.5, 0.6) is 0 Å². The second kappa shape index (κ2) is 7.29. The Labute approximate surface area is 160 Å². The number of carbonyl (C=O) groups is 1. The van der Waals surface area contributed by atoms with Gasteiger partial charge < -0.3 is 5.32 Å². The van der Waals surface area contributed by atoms with E-state index in [1.165, 1.54) is 34.3 Å². The molecule has 0 heterocycles. The van der Waals surface area contributed by atoms with Crippen molar-refractivity contribution >= 4 is 45.7 Å². The molecule has 0 radical (unpaired) electrons. The van der Waals surface area contributed by atoms with Crippen molar-refractivity contribution in [3.05, 3.63) is 76.1 Å². The molecule has 5 heteroatoms. The van der Waals surface area contributed by atoms with E-state index < -0.39 is 0 Å². The average Bonchev–Trinajstić information content (AvgIpc) is 3.04. The van der Waals surface area contributed by atoms with Crippen LogP contribution in [0.2, 0.25) is 5.02 Å². The molecule has 0 saturated carbocycles. The molecule has 0 aromatic heterocycles. The monoisotopic (exact) mass is 385 g/mol. The number of anilines is 1. The number of hydrogen-bond acceptors (Lipinski definition) is 2. The van der Waals surface area contributed by atoms with E-state index in [0.717, 1.165) is 23.9 Å². The molecule has 0 fully saturated rings. The summed E-state index contributed by atoms with van der Waals surface area (Å²) in [5, 5.41) is 5.75. The van der Waals surface area contributed by atoms with E-state index in [-0.39, 0.29) is 17.5 Å². The number of amides is 1. The van der Waals surface area contributed by atoms with E-state index in [4.69, 9.17) is 11.6 Å². The van der Waals surface area contributed by atoms with Gasteiger partial charge in [-0.2, -0.15) is 0 Å². The maximum atomic E-state index is 13.8. The molecule has 1 N–H and O–H groups in total. The predicted molar refractivity (Wildman–Crippen MR) is 108 cm³/mol. The minimum atomic E-state index is -0.335. The van der Waals surface area contributed by atoms with Crippen LogP contribution in [-0.4, -0.2) is 11.7 Å². The highest BCUT2D eigenvalue weighted by Crippen LogP contribution is 2.35. The van der Waals surface area contributed by atoms with E-state index in [1.807, 2.05) is 12.1 Å². The number of nitrogens with one attached hydrogen (secondary N) is 1. The number of halogens is 2. The van der Waals surface area contributed by atoms with Crippen molar-refractivity contribution in [2.24, 2.45) is 0 Å². The summed E-state index contributed by atoms with van der Waals surface area (Å²) in [5.74, 6) is 0.284. The lowest BCUT2D eigenvalue weighted by Gasteiger charge is -2.11. The Morgan fingerprint density at radius 2 is 1.92 bits per heavy atom. The molecule has 26 heavy (non-hydrogen) atoms. The minimum absolute atomic E-state index is 0.0805. The Bertz CT molecular complexity index is 994. The molecule has 0 spiro atoms. The summed E-state index contributed by atoms with van der Waals surface area (Å²) in [6.45, 7) is 0. The normalized spacial score (nSPS) is 12.5. The summed E-state index contributed by atoms with van der Waals surface area (Å²) in [6.07, 6.45) is 2.12. The van der Waals surface area contributed by atoms with Gasteiger partial charge in [0.1, 0.15) is 5.82 Å². The van der Waals surface area contributed by atoms with Gasteiger partial charge in [0.15, 0.2) is 0 Å². The van der Waals surface area contributed by atoms with Crippen LogP contribution in [-0.2, 0) is 23.4 Å². The fourth-order valence-electron chi connectivity index (χ4n) is 3.43. The molecule has 4 rings (SSSR count). The summed E-state index contributed by atoms with van der Waals surface area (Å²) < 4.78 is 13.8. The molecule has 3 aromatic rings. The van der Waals surface area contributed by atoms with E-state index in [0.29, 0.717) is 16.3 Å². The van der Waals surface area contributed by atoms with Crippen molar-refractivity contribution in [3.8, 4) is 0 Å². The highest BCUT2D eigenvalue weighted by atomic mass is 35.5. The Balaban J connectivity index is 1.42. The maximum Gasteiger partial charge on any atom is 0.234 e. The number of aryl methyl sites for hydroxylation is 2. The molecular formula is C21H17ClFNOS. The van der Waals surface area contributed by atoms with E-state index in [1.54, 1.807) is 12.1 Å². The molecule has 0 aliphatic heterocycles. The zero-order chi connectivity index (χ0) is 18.1. The van der Waals surface area contributed by atoms with Crippen LogP contribution in [0.1, 0.15) is 16.7 Å². The molecule has 0 unspecified atom stereocenters. The standard InChI is InChI=1S/C21H17ClFNOS/c22-16-8-6-15(18(23)10-16)11-26-12-20(25)24-19-9-7-14-5-4-13-2-1-3-17(19)21(13)14/h1-3,6-10H,4-5,11-12H2,(H,24,25). The van der Waals surface area contributed by atoms with Gasteiger partial charge in [0.2, 0.25) is 5.91 Å². The van der Waals surface area contributed by atoms with Crippen molar-refractivity contribution in [2.75, 3.05) is 11.1 Å². The summed E-state index contributed by atoms with van der Waals surface area (Å²) >= 11 is 7.14. The molecule has 0 saturated heterocycles. The van der Waals surface area contributed by atoms with Crippen LogP contribution in [0.15, 0.2) is 48.5 Å². The summed E-state index contributed by atoms with van der Waals surface area (Å²) in [4.78, 5) is 12.3. The first-order valence-electron chi connectivity index (χ1n) is 8.47. The largest absolute Gasteiger partial charge is 0.325 e. The third-order valence-corrected chi connectivity index (χ3v) is 5.87. The van der Waals surface area contributed by atoms with Gasteiger partial charge in [0.05, 0.1) is 5.75 Å². The van der Waals surface area contributed by atoms with Crippen LogP contribution in [0.3, 0.4) is 0 Å². The summed E-state index contributed by atoms with van der Waals surface area (Å²) in [7, 11) is 0. The Morgan fingerprint density at radius 3 is 2.73 bits per heavy atom. The number of carbonyl (C=O) groups excluding carboxylic acids is 1. The van der Waals surface area contributed by atoms with Crippen molar-refractivity contribution < 1.29 is 9.18 Å². The van der Waals surface area contributed by atoms with Gasteiger partial charge in [-0.25, -0.2) is 4.39 Å². The zero-order valence-electron chi connectivity index (χ0n) is 14.0. The lowest BCUT2D eigenvalue weighted by molar-refractivity contribution is -0.113. The molecule has 1 aliphatic carbocycles. The first-order valence-corrected chi connectivity index (χ1v) is 10.00. The van der Waals surface area contributed by atoms with Crippen molar-refractivity contribution in [1.82, 2.24) is 0 Å². The Kier molecular flexibility index (Phi) is 4.88. The topological polar surface area (TPSA) is 29.1 Å². The number of benzene rings is 3. The first kappa shape index (κ1) is 17.4. The molecule has 0 atom stereocenters. The molecule has 132 valence electrons. The third kappa shape index (κ3) is 3.44. The number of hydrogen-bond donors (Lipinski definition) is 1. The zero-order valence-corrected chi connectivity index (χ0v) is 15.6. The third-order valence-electron chi connectivity index (χ3n) is 4.66. The van der Waals surface area contributed by atoms with Crippen molar-refractivity contribution in [2.45, 2.75) is 18.6 Å². The van der Waals surface area contributed by atoms with Crippen LogP contribution in [0, 0.1) is 5.82 Å². The molecule has 2 nitrogen and oxygen atoms in total. The van der Waals surface area contributed by atoms with Crippen LogP contribution >= 0.6 is 23.4 Å². The van der Waals surface area contributed by atoms with Gasteiger partial charge in [0, 0.05) is 21.8 Å². The smallest absolute Gasteiger partial charge is 0.234 e. The van der Waals surface area contributed by atoms with Crippen LogP contribution < -0.4 is 5.32 Å². The molecule has 0 bridgehead atoms. The molecule has 1 amide bonds. The molecule has 1 aliphatic rings. The highest BCUT2D eigenvalue weighted by molar-refractivity contribution is 7.99. The molecular weight excluding hydrogens is 369 g/mol. The van der Waals surface area contributed by atoms with Crippen LogP contribution in [0.4, 0.5) is 10.1 Å². The van der Waals surface area contributed by atoms with Gasteiger partial charge in [-0.1, -0.05) is 41.9 Å². The molecule has 3 aromatic carbocycles. The fourth-order valence-corrected chi connectivity index (χ4v) is 4.41. The minimum Gasteiger partial charge on any atom is -0.325 e. The van der Waals surface area contributed by atoms with Crippen molar-refractivity contribution in [1.29, 1.82) is 0 Å². The lowest BCUT2D eigenvalue weighted by Crippen LogP contribution is -2.14. The number of rotatable bonds is 5. The highest BCUT2D eigenvalue weighted by Gasteiger charge is 2.16. The van der Waals surface area contributed by atoms with Gasteiger partial charge in [-0.3, -0.25) is 4.79 Å². The van der Waals surface area contributed by atoms with Gasteiger partial charge >= 0.3 is 0 Å². The Hall–Kier alpha value is -2.04. The predicted octanol–water partition coefficient (Wildman–Crippen LogP) is 5.60. The van der Waals surface area contributed by atoms with E-state index in [2.05, 4.69) is 23.5 Å². The number of thioether (sulfide) groups is 1. The van der Waals surface area contributed by atoms with Crippen molar-refractivity contribution in [3.63, 3.8) is 0 Å². The summed E-state index contributed by atoms with van der Waals surface area (Å²) in [5.41, 5.74) is 4.09. The SMILES string of the molecule is O=C(CSCc1ccc(Cl)cc1F)Nc1ccc2c3c(cccc13)CC2. The maximum absolute atomic E-state index is 13.8. The average molecular weight is 386 g/mol. The van der Waals surface area contributed by atoms with E-state index in [9.17, 15) is 9.18 Å². The first-order chi connectivity index (χ1) is 12.6. The second-order valence-corrected chi connectivity index (χ2v) is 7.81. The van der Waals surface area contributed by atoms with Gasteiger partial charge in [0.25, 0.3) is 0 Å². The quantitative estimate of drug-likeness (QED) is 0.619. The second-order valence-electron chi connectivity index (χ2n) is 6.39.